The monoisotopic (exact) mass is 125 g/mol. The van der Waals surface area contributed by atoms with Gasteiger partial charge in [0.05, 0.1) is 0 Å². The second kappa shape index (κ2) is 5.13. The van der Waals surface area contributed by atoms with Gasteiger partial charge in [0.15, 0.2) is 0 Å². The van der Waals surface area contributed by atoms with Crippen molar-refractivity contribution in [1.29, 1.82) is 0 Å². The van der Waals surface area contributed by atoms with Gasteiger partial charge in [0.1, 0.15) is 0 Å². The minimum Gasteiger partial charge on any atom is -0.411 e. The molecule has 0 radical (unpaired) electrons. The molecular weight excluding hydrogens is 114 g/mol. The summed E-state index contributed by atoms with van der Waals surface area (Å²) >= 11 is 0. The second-order valence-electron chi connectivity index (χ2n) is 1.88. The van der Waals surface area contributed by atoms with E-state index in [1.807, 2.05) is 19.9 Å². The molecule has 0 unspecified atom stereocenters. The Kier molecular flexibility index (Phi) is 4.56. The first-order valence-corrected chi connectivity index (χ1v) is 2.81. The zero-order valence-corrected chi connectivity index (χ0v) is 5.76. The van der Waals surface area contributed by atoms with Crippen molar-refractivity contribution in [2.45, 2.75) is 20.3 Å². The van der Waals surface area contributed by atoms with E-state index in [1.54, 1.807) is 0 Å². The van der Waals surface area contributed by atoms with E-state index in [-0.39, 0.29) is 0 Å². The molecule has 0 saturated carbocycles. The summed E-state index contributed by atoms with van der Waals surface area (Å²) in [5.74, 6) is 0. The van der Waals surface area contributed by atoms with Crippen molar-refractivity contribution in [3.8, 4) is 0 Å². The van der Waals surface area contributed by atoms with Gasteiger partial charge < -0.3 is 5.21 Å². The summed E-state index contributed by atoms with van der Waals surface area (Å²) in [6.45, 7) is 3.93. The molecule has 0 aromatic heterocycles. The van der Waals surface area contributed by atoms with Gasteiger partial charge in [-0.25, -0.2) is 0 Å². The minimum atomic E-state index is 0.641. The number of hydrogen-bond acceptors (Lipinski definition) is 2. The van der Waals surface area contributed by atoms with Gasteiger partial charge in [-0.05, 0) is 25.5 Å². The van der Waals surface area contributed by atoms with Gasteiger partial charge in [-0.2, -0.15) is 0 Å². The third kappa shape index (κ3) is 6.99. The summed E-state index contributed by atoms with van der Waals surface area (Å²) in [6, 6.07) is 0. The molecule has 1 N–H and O–H groups in total. The summed E-state index contributed by atoms with van der Waals surface area (Å²) in [5.41, 5.74) is 4.10. The normalized spacial score (nSPS) is 9.11. The molecule has 0 amide bonds. The summed E-state index contributed by atoms with van der Waals surface area (Å²) in [7, 11) is 0. The standard InChI is InChI=1S/C7H11NO/c1-7(2)5-3-4-6-8-9/h3,6,9H,4H2,1-2H3/b8-6+. The molecule has 0 saturated heterocycles. The summed E-state index contributed by atoms with van der Waals surface area (Å²) in [4.78, 5) is 0. The highest BCUT2D eigenvalue weighted by Crippen LogP contribution is 1.84. The Balaban J connectivity index is 3.61. The van der Waals surface area contributed by atoms with Gasteiger partial charge in [0.2, 0.25) is 0 Å². The molecule has 0 aromatic carbocycles. The van der Waals surface area contributed by atoms with E-state index in [1.165, 1.54) is 6.21 Å². The lowest BCUT2D eigenvalue weighted by Crippen LogP contribution is -1.66. The number of oxime groups is 1. The van der Waals surface area contributed by atoms with Crippen LogP contribution in [0, 0.1) is 0 Å². The topological polar surface area (TPSA) is 32.6 Å². The molecular formula is C7H11NO. The predicted molar refractivity (Wildman–Crippen MR) is 37.8 cm³/mol. The first-order chi connectivity index (χ1) is 4.27. The van der Waals surface area contributed by atoms with Crippen molar-refractivity contribution in [3.63, 3.8) is 0 Å². The average molecular weight is 125 g/mol. The van der Waals surface area contributed by atoms with Gasteiger partial charge in [-0.3, -0.25) is 0 Å². The van der Waals surface area contributed by atoms with Crippen LogP contribution in [0.4, 0.5) is 0 Å². The van der Waals surface area contributed by atoms with E-state index in [9.17, 15) is 0 Å². The Morgan fingerprint density at radius 2 is 2.33 bits per heavy atom. The maximum Gasteiger partial charge on any atom is 0.0479 e. The molecule has 0 aliphatic carbocycles. The van der Waals surface area contributed by atoms with E-state index in [0.29, 0.717) is 6.42 Å². The number of hydrogen-bond donors (Lipinski definition) is 1. The van der Waals surface area contributed by atoms with Crippen LogP contribution in [0.1, 0.15) is 20.3 Å². The van der Waals surface area contributed by atoms with E-state index in [4.69, 9.17) is 5.21 Å². The van der Waals surface area contributed by atoms with Crippen LogP contribution in [0.2, 0.25) is 0 Å². The molecule has 0 spiro atoms. The highest BCUT2D eigenvalue weighted by molar-refractivity contribution is 5.58. The van der Waals surface area contributed by atoms with Crippen molar-refractivity contribution in [2.24, 2.45) is 5.16 Å². The first kappa shape index (κ1) is 7.99. The van der Waals surface area contributed by atoms with E-state index in [2.05, 4.69) is 10.9 Å². The van der Waals surface area contributed by atoms with Crippen LogP contribution in [0.5, 0.6) is 0 Å². The lowest BCUT2D eigenvalue weighted by atomic mass is 10.3. The third-order valence-corrected chi connectivity index (χ3v) is 0.696. The smallest absolute Gasteiger partial charge is 0.0479 e. The lowest BCUT2D eigenvalue weighted by Gasteiger charge is -1.75. The van der Waals surface area contributed by atoms with E-state index in [0.717, 1.165) is 5.57 Å². The molecule has 9 heavy (non-hydrogen) atoms. The van der Waals surface area contributed by atoms with E-state index >= 15 is 0 Å². The Labute approximate surface area is 55.2 Å². The highest BCUT2D eigenvalue weighted by atomic mass is 16.4. The minimum absolute atomic E-state index is 0.641. The molecule has 2 nitrogen and oxygen atoms in total. The quantitative estimate of drug-likeness (QED) is 0.260. The zero-order chi connectivity index (χ0) is 7.11. The summed E-state index contributed by atoms with van der Waals surface area (Å²) in [5, 5.41) is 10.8. The van der Waals surface area contributed by atoms with Crippen LogP contribution in [0.3, 0.4) is 0 Å². The second-order valence-corrected chi connectivity index (χ2v) is 1.88. The fourth-order valence-corrected chi connectivity index (χ4v) is 0.363. The molecule has 0 aliphatic heterocycles. The van der Waals surface area contributed by atoms with Crippen LogP contribution in [-0.2, 0) is 0 Å². The van der Waals surface area contributed by atoms with Gasteiger partial charge in [0.25, 0.3) is 0 Å². The Bertz CT molecular complexity index is 148. The van der Waals surface area contributed by atoms with Crippen molar-refractivity contribution in [2.75, 3.05) is 0 Å². The average Bonchev–Trinajstić information content (AvgIpc) is 1.80. The van der Waals surface area contributed by atoms with Gasteiger partial charge in [-0.1, -0.05) is 0 Å². The maximum atomic E-state index is 7.95. The zero-order valence-electron chi connectivity index (χ0n) is 5.76. The van der Waals surface area contributed by atoms with Gasteiger partial charge >= 0.3 is 0 Å². The summed E-state index contributed by atoms with van der Waals surface area (Å²) < 4.78 is 0. The number of rotatable bonds is 2. The number of allylic oxidation sites excluding steroid dienone is 1. The largest absolute Gasteiger partial charge is 0.411 e. The van der Waals surface area contributed by atoms with Crippen molar-refractivity contribution >= 4 is 6.21 Å². The molecule has 0 bridgehead atoms. The summed E-state index contributed by atoms with van der Waals surface area (Å²) in [6.07, 6.45) is 3.87. The molecule has 0 atom stereocenters. The van der Waals surface area contributed by atoms with Crippen molar-refractivity contribution < 1.29 is 5.21 Å². The van der Waals surface area contributed by atoms with Gasteiger partial charge in [-0.15, -0.1) is 10.9 Å². The Morgan fingerprint density at radius 3 is 2.78 bits per heavy atom. The molecule has 0 rings (SSSR count). The molecule has 2 heteroatoms. The van der Waals surface area contributed by atoms with Crippen LogP contribution in [-0.4, -0.2) is 11.4 Å². The van der Waals surface area contributed by atoms with Crippen LogP contribution in [0.25, 0.3) is 0 Å². The lowest BCUT2D eigenvalue weighted by molar-refractivity contribution is 0.321. The third-order valence-electron chi connectivity index (χ3n) is 0.696. The fourth-order valence-electron chi connectivity index (χ4n) is 0.363. The molecule has 0 heterocycles. The Morgan fingerprint density at radius 1 is 1.67 bits per heavy atom. The van der Waals surface area contributed by atoms with E-state index < -0.39 is 0 Å². The maximum absolute atomic E-state index is 7.95. The molecule has 0 aliphatic rings. The first-order valence-electron chi connectivity index (χ1n) is 2.81. The van der Waals surface area contributed by atoms with Crippen LogP contribution in [0.15, 0.2) is 22.5 Å². The fraction of sp³-hybridized carbons (Fsp3) is 0.429. The molecule has 0 aromatic rings. The van der Waals surface area contributed by atoms with Crippen molar-refractivity contribution in [3.05, 3.63) is 17.4 Å². The molecule has 0 fully saturated rings. The Hall–Kier alpha value is -1.01. The molecule has 50 valence electrons. The highest BCUT2D eigenvalue weighted by Gasteiger charge is 1.68. The number of nitrogens with zero attached hydrogens (tertiary/aromatic N) is 1. The van der Waals surface area contributed by atoms with Crippen LogP contribution < -0.4 is 0 Å². The van der Waals surface area contributed by atoms with Crippen molar-refractivity contribution in [1.82, 2.24) is 0 Å². The SMILES string of the molecule is CC(C)=C=CC/C=N/O. The van der Waals surface area contributed by atoms with Crippen LogP contribution >= 0.6 is 0 Å². The van der Waals surface area contributed by atoms with Gasteiger partial charge in [0, 0.05) is 12.6 Å². The predicted octanol–water partition coefficient (Wildman–Crippen LogP) is 1.96.